The zero-order valence-electron chi connectivity index (χ0n) is 11.6. The summed E-state index contributed by atoms with van der Waals surface area (Å²) in [7, 11) is 1.65. The van der Waals surface area contributed by atoms with Crippen molar-refractivity contribution in [3.63, 3.8) is 0 Å². The van der Waals surface area contributed by atoms with Crippen molar-refractivity contribution in [3.05, 3.63) is 30.5 Å². The number of aromatic nitrogens is 1. The molecule has 0 spiro atoms. The van der Waals surface area contributed by atoms with Crippen molar-refractivity contribution in [2.75, 3.05) is 13.7 Å². The minimum Gasteiger partial charge on any atom is -0.496 e. The van der Waals surface area contributed by atoms with Gasteiger partial charge in [-0.2, -0.15) is 0 Å². The number of carbonyl (C=O) groups is 1. The van der Waals surface area contributed by atoms with E-state index >= 15 is 0 Å². The van der Waals surface area contributed by atoms with Crippen LogP contribution in [0.25, 0.3) is 10.9 Å². The van der Waals surface area contributed by atoms with Crippen LogP contribution in [-0.4, -0.2) is 24.1 Å². The molecule has 0 aliphatic heterocycles. The molecule has 2 rings (SSSR count). The van der Waals surface area contributed by atoms with Crippen LogP contribution in [0.5, 0.6) is 5.75 Å². The summed E-state index contributed by atoms with van der Waals surface area (Å²) in [6.45, 7) is 5.21. The number of amides is 1. The number of ether oxygens (including phenoxy) is 1. The van der Waals surface area contributed by atoms with Crippen LogP contribution >= 0.6 is 0 Å². The number of benzene rings is 1. The Morgan fingerprint density at radius 1 is 1.37 bits per heavy atom. The van der Waals surface area contributed by atoms with Crippen LogP contribution in [0.1, 0.15) is 13.8 Å². The summed E-state index contributed by atoms with van der Waals surface area (Å²) >= 11 is 0. The molecule has 0 radical (unpaired) electrons. The molecule has 0 fully saturated rings. The topological polar surface area (TPSA) is 43.3 Å². The van der Waals surface area contributed by atoms with Gasteiger partial charge in [-0.3, -0.25) is 4.79 Å². The first-order valence-corrected chi connectivity index (χ1v) is 6.50. The van der Waals surface area contributed by atoms with Crippen molar-refractivity contribution in [1.82, 2.24) is 9.88 Å². The van der Waals surface area contributed by atoms with Crippen LogP contribution in [0, 0.1) is 5.92 Å². The molecule has 4 nitrogen and oxygen atoms in total. The first-order valence-electron chi connectivity index (χ1n) is 6.50. The first-order chi connectivity index (χ1) is 9.11. The Morgan fingerprint density at radius 2 is 2.16 bits per heavy atom. The lowest BCUT2D eigenvalue weighted by atomic mass is 10.2. The Kier molecular flexibility index (Phi) is 4.10. The van der Waals surface area contributed by atoms with Gasteiger partial charge in [0.1, 0.15) is 12.3 Å². The zero-order chi connectivity index (χ0) is 13.8. The molecule has 0 unspecified atom stereocenters. The Balaban J connectivity index is 2.15. The standard InChI is InChI=1S/C15H20N2O2/c1-11(2)9-16-15(18)10-17-8-7-12-13(17)5-4-6-14(12)19-3/h4-8,11H,9-10H2,1-3H3,(H,16,18). The highest BCUT2D eigenvalue weighted by atomic mass is 16.5. The quantitative estimate of drug-likeness (QED) is 0.897. The van der Waals surface area contributed by atoms with E-state index in [-0.39, 0.29) is 5.91 Å². The van der Waals surface area contributed by atoms with Gasteiger partial charge in [0.25, 0.3) is 0 Å². The highest BCUT2D eigenvalue weighted by Crippen LogP contribution is 2.25. The summed E-state index contributed by atoms with van der Waals surface area (Å²) in [5, 5.41) is 3.95. The molecular formula is C15H20N2O2. The van der Waals surface area contributed by atoms with E-state index in [4.69, 9.17) is 4.74 Å². The molecule has 102 valence electrons. The summed E-state index contributed by atoms with van der Waals surface area (Å²) in [6.07, 6.45) is 1.92. The fourth-order valence-corrected chi connectivity index (χ4v) is 2.04. The molecule has 0 saturated heterocycles. The number of hydrogen-bond acceptors (Lipinski definition) is 2. The normalized spacial score (nSPS) is 10.9. The Hall–Kier alpha value is -1.97. The fraction of sp³-hybridized carbons (Fsp3) is 0.400. The Labute approximate surface area is 113 Å². The van der Waals surface area contributed by atoms with Crippen molar-refractivity contribution in [1.29, 1.82) is 0 Å². The van der Waals surface area contributed by atoms with E-state index in [2.05, 4.69) is 19.2 Å². The maximum Gasteiger partial charge on any atom is 0.239 e. The minimum atomic E-state index is 0.0361. The van der Waals surface area contributed by atoms with Crippen molar-refractivity contribution in [3.8, 4) is 5.75 Å². The van der Waals surface area contributed by atoms with Gasteiger partial charge in [0, 0.05) is 18.1 Å². The fourth-order valence-electron chi connectivity index (χ4n) is 2.04. The summed E-state index contributed by atoms with van der Waals surface area (Å²) in [4.78, 5) is 11.8. The van der Waals surface area contributed by atoms with Crippen molar-refractivity contribution < 1.29 is 9.53 Å². The van der Waals surface area contributed by atoms with E-state index in [1.807, 2.05) is 35.0 Å². The molecule has 4 heteroatoms. The van der Waals surface area contributed by atoms with E-state index in [9.17, 15) is 4.79 Å². The second-order valence-corrected chi connectivity index (χ2v) is 5.03. The van der Waals surface area contributed by atoms with Crippen LogP contribution in [0.3, 0.4) is 0 Å². The molecule has 0 bridgehead atoms. The molecule has 0 aliphatic carbocycles. The molecule has 0 atom stereocenters. The minimum absolute atomic E-state index is 0.0361. The zero-order valence-corrected chi connectivity index (χ0v) is 11.6. The number of nitrogens with one attached hydrogen (secondary N) is 1. The molecule has 1 heterocycles. The molecule has 2 aromatic rings. The number of nitrogens with zero attached hydrogens (tertiary/aromatic N) is 1. The third-order valence-corrected chi connectivity index (χ3v) is 3.02. The number of carbonyl (C=O) groups excluding carboxylic acids is 1. The van der Waals surface area contributed by atoms with Gasteiger partial charge in [0.05, 0.1) is 12.6 Å². The maximum atomic E-state index is 11.8. The molecule has 1 aromatic heterocycles. The van der Waals surface area contributed by atoms with Gasteiger partial charge >= 0.3 is 0 Å². The highest BCUT2D eigenvalue weighted by Gasteiger charge is 2.09. The largest absolute Gasteiger partial charge is 0.496 e. The van der Waals surface area contributed by atoms with Crippen molar-refractivity contribution in [2.24, 2.45) is 5.92 Å². The van der Waals surface area contributed by atoms with Crippen LogP contribution in [0.4, 0.5) is 0 Å². The monoisotopic (exact) mass is 260 g/mol. The predicted octanol–water partition coefficient (Wildman–Crippen LogP) is 2.42. The van der Waals surface area contributed by atoms with E-state index in [0.29, 0.717) is 19.0 Å². The van der Waals surface area contributed by atoms with E-state index in [1.165, 1.54) is 0 Å². The summed E-state index contributed by atoms with van der Waals surface area (Å²) in [5.74, 6) is 1.33. The van der Waals surface area contributed by atoms with Gasteiger partial charge in [-0.15, -0.1) is 0 Å². The number of fused-ring (bicyclic) bond motifs is 1. The lowest BCUT2D eigenvalue weighted by Gasteiger charge is -2.09. The van der Waals surface area contributed by atoms with E-state index in [1.54, 1.807) is 7.11 Å². The van der Waals surface area contributed by atoms with Crippen LogP contribution in [0.15, 0.2) is 30.5 Å². The summed E-state index contributed by atoms with van der Waals surface area (Å²) < 4.78 is 7.25. The second-order valence-electron chi connectivity index (χ2n) is 5.03. The van der Waals surface area contributed by atoms with Crippen LogP contribution in [-0.2, 0) is 11.3 Å². The second kappa shape index (κ2) is 5.78. The molecule has 1 N–H and O–H groups in total. The average Bonchev–Trinajstić information content (AvgIpc) is 2.79. The smallest absolute Gasteiger partial charge is 0.239 e. The highest BCUT2D eigenvalue weighted by molar-refractivity contribution is 5.88. The third-order valence-electron chi connectivity index (χ3n) is 3.02. The first kappa shape index (κ1) is 13.5. The van der Waals surface area contributed by atoms with E-state index < -0.39 is 0 Å². The van der Waals surface area contributed by atoms with Gasteiger partial charge in [-0.25, -0.2) is 0 Å². The van der Waals surface area contributed by atoms with Crippen LogP contribution < -0.4 is 10.1 Å². The molecule has 0 saturated carbocycles. The summed E-state index contributed by atoms with van der Waals surface area (Å²) in [5.41, 5.74) is 1.01. The Morgan fingerprint density at radius 3 is 2.84 bits per heavy atom. The maximum absolute atomic E-state index is 11.8. The number of methoxy groups -OCH3 is 1. The molecule has 19 heavy (non-hydrogen) atoms. The summed E-state index contributed by atoms with van der Waals surface area (Å²) in [6, 6.07) is 7.83. The lowest BCUT2D eigenvalue weighted by Crippen LogP contribution is -2.30. The lowest BCUT2D eigenvalue weighted by molar-refractivity contribution is -0.121. The molecule has 1 amide bonds. The van der Waals surface area contributed by atoms with E-state index in [0.717, 1.165) is 16.7 Å². The van der Waals surface area contributed by atoms with Gasteiger partial charge in [0.2, 0.25) is 5.91 Å². The third kappa shape index (κ3) is 3.08. The molecular weight excluding hydrogens is 240 g/mol. The number of rotatable bonds is 5. The predicted molar refractivity (Wildman–Crippen MR) is 76.3 cm³/mol. The van der Waals surface area contributed by atoms with Gasteiger partial charge in [-0.05, 0) is 24.1 Å². The van der Waals surface area contributed by atoms with Crippen molar-refractivity contribution in [2.45, 2.75) is 20.4 Å². The average molecular weight is 260 g/mol. The number of hydrogen-bond donors (Lipinski definition) is 1. The van der Waals surface area contributed by atoms with Gasteiger partial charge < -0.3 is 14.6 Å². The van der Waals surface area contributed by atoms with Gasteiger partial charge in [-0.1, -0.05) is 19.9 Å². The SMILES string of the molecule is COc1cccc2c1ccn2CC(=O)NCC(C)C. The Bertz CT molecular complexity index is 573. The van der Waals surface area contributed by atoms with Gasteiger partial charge in [0.15, 0.2) is 0 Å². The van der Waals surface area contributed by atoms with Crippen molar-refractivity contribution >= 4 is 16.8 Å². The molecule has 1 aromatic carbocycles. The molecule has 0 aliphatic rings. The van der Waals surface area contributed by atoms with Crippen LogP contribution in [0.2, 0.25) is 0 Å².